The van der Waals surface area contributed by atoms with Gasteiger partial charge < -0.3 is 16.4 Å². The Kier molecular flexibility index (Phi) is 5.91. The summed E-state index contributed by atoms with van der Waals surface area (Å²) < 4.78 is 0. The molecule has 0 aliphatic carbocycles. The SMILES string of the molecule is CC(C)NC(=O)[C@]12CCCCN1C[C@@H](NC(=O)c1cnc(N)nc1-c1ccccc1)C2. The molecule has 0 spiro atoms. The molecule has 8 nitrogen and oxygen atoms in total. The number of hydrogen-bond acceptors (Lipinski definition) is 6. The average Bonchev–Trinajstić information content (AvgIpc) is 3.13. The Labute approximate surface area is 182 Å². The van der Waals surface area contributed by atoms with E-state index in [9.17, 15) is 9.59 Å². The van der Waals surface area contributed by atoms with Gasteiger partial charge in [0.1, 0.15) is 5.54 Å². The third-order valence-corrected chi connectivity index (χ3v) is 6.18. The van der Waals surface area contributed by atoms with Crippen molar-refractivity contribution in [2.45, 2.75) is 57.2 Å². The Bertz CT molecular complexity index is 964. The van der Waals surface area contributed by atoms with Crippen molar-refractivity contribution in [2.75, 3.05) is 18.8 Å². The Morgan fingerprint density at radius 2 is 2.00 bits per heavy atom. The number of benzene rings is 1. The van der Waals surface area contributed by atoms with E-state index in [1.165, 1.54) is 6.20 Å². The number of rotatable bonds is 5. The van der Waals surface area contributed by atoms with Gasteiger partial charge in [-0.25, -0.2) is 9.97 Å². The van der Waals surface area contributed by atoms with Crippen LogP contribution in [0.1, 0.15) is 49.9 Å². The van der Waals surface area contributed by atoms with Crippen molar-refractivity contribution >= 4 is 17.8 Å². The highest BCUT2D eigenvalue weighted by Crippen LogP contribution is 2.38. The fraction of sp³-hybridized carbons (Fsp3) is 0.478. The average molecular weight is 423 g/mol. The van der Waals surface area contributed by atoms with Crippen LogP contribution in [0.25, 0.3) is 11.3 Å². The van der Waals surface area contributed by atoms with E-state index in [4.69, 9.17) is 5.73 Å². The molecule has 2 atom stereocenters. The highest BCUT2D eigenvalue weighted by molar-refractivity contribution is 6.00. The smallest absolute Gasteiger partial charge is 0.255 e. The van der Waals surface area contributed by atoms with Crippen molar-refractivity contribution in [3.05, 3.63) is 42.1 Å². The molecule has 1 aromatic heterocycles. The zero-order chi connectivity index (χ0) is 22.0. The summed E-state index contributed by atoms with van der Waals surface area (Å²) in [5, 5.41) is 6.22. The van der Waals surface area contributed by atoms with E-state index in [0.29, 0.717) is 24.2 Å². The van der Waals surface area contributed by atoms with Gasteiger partial charge in [-0.05, 0) is 46.1 Å². The van der Waals surface area contributed by atoms with Gasteiger partial charge in [-0.2, -0.15) is 0 Å². The van der Waals surface area contributed by atoms with Crippen LogP contribution in [0.2, 0.25) is 0 Å². The Morgan fingerprint density at radius 1 is 1.23 bits per heavy atom. The van der Waals surface area contributed by atoms with Crippen LogP contribution in [0, 0.1) is 0 Å². The quantitative estimate of drug-likeness (QED) is 0.679. The van der Waals surface area contributed by atoms with E-state index in [1.807, 2.05) is 44.2 Å². The maximum absolute atomic E-state index is 13.2. The molecule has 31 heavy (non-hydrogen) atoms. The number of fused-ring (bicyclic) bond motifs is 1. The lowest BCUT2D eigenvalue weighted by Crippen LogP contribution is -2.58. The second kappa shape index (κ2) is 8.63. The molecule has 2 amide bonds. The molecule has 3 heterocycles. The molecule has 2 fully saturated rings. The first-order valence-electron chi connectivity index (χ1n) is 10.9. The lowest BCUT2D eigenvalue weighted by atomic mass is 9.84. The lowest BCUT2D eigenvalue weighted by molar-refractivity contribution is -0.134. The monoisotopic (exact) mass is 422 g/mol. The normalized spacial score (nSPS) is 23.4. The number of carbonyl (C=O) groups is 2. The third-order valence-electron chi connectivity index (χ3n) is 6.18. The summed E-state index contributed by atoms with van der Waals surface area (Å²) in [6, 6.07) is 9.43. The van der Waals surface area contributed by atoms with Gasteiger partial charge in [0.25, 0.3) is 5.91 Å². The number of piperidine rings is 1. The van der Waals surface area contributed by atoms with Crippen LogP contribution in [0.5, 0.6) is 0 Å². The van der Waals surface area contributed by atoms with E-state index in [-0.39, 0.29) is 29.8 Å². The van der Waals surface area contributed by atoms with Gasteiger partial charge in [-0.15, -0.1) is 0 Å². The second-order valence-corrected chi connectivity index (χ2v) is 8.79. The van der Waals surface area contributed by atoms with Crippen molar-refractivity contribution in [2.24, 2.45) is 0 Å². The molecule has 2 aliphatic rings. The summed E-state index contributed by atoms with van der Waals surface area (Å²) in [5.74, 6) is -0.0550. The van der Waals surface area contributed by atoms with Crippen molar-refractivity contribution in [3.63, 3.8) is 0 Å². The largest absolute Gasteiger partial charge is 0.368 e. The van der Waals surface area contributed by atoms with Gasteiger partial charge in [0.15, 0.2) is 0 Å². The topological polar surface area (TPSA) is 113 Å². The van der Waals surface area contributed by atoms with Crippen molar-refractivity contribution < 1.29 is 9.59 Å². The van der Waals surface area contributed by atoms with Crippen LogP contribution in [0.3, 0.4) is 0 Å². The molecule has 2 saturated heterocycles. The summed E-state index contributed by atoms with van der Waals surface area (Å²) in [5.41, 5.74) is 6.94. The van der Waals surface area contributed by atoms with E-state index < -0.39 is 5.54 Å². The first-order chi connectivity index (χ1) is 14.9. The molecule has 0 radical (unpaired) electrons. The Balaban J connectivity index is 1.56. The molecule has 4 rings (SSSR count). The number of nitrogen functional groups attached to an aromatic ring is 1. The van der Waals surface area contributed by atoms with Gasteiger partial charge in [0, 0.05) is 30.4 Å². The van der Waals surface area contributed by atoms with Crippen LogP contribution in [-0.4, -0.2) is 57.4 Å². The minimum Gasteiger partial charge on any atom is -0.368 e. The molecular formula is C23H30N6O2. The van der Waals surface area contributed by atoms with Crippen molar-refractivity contribution in [3.8, 4) is 11.3 Å². The zero-order valence-corrected chi connectivity index (χ0v) is 18.1. The summed E-state index contributed by atoms with van der Waals surface area (Å²) in [6.45, 7) is 5.48. The number of amides is 2. The standard InChI is InChI=1S/C23H30N6O2/c1-15(2)26-21(31)23-10-6-7-11-29(23)14-17(12-23)27-20(30)18-13-25-22(24)28-19(18)16-8-4-3-5-9-16/h3-5,8-9,13,15,17H,6-7,10-12,14H2,1-2H3,(H,26,31)(H,27,30)(H2,24,25,28)/t17-,23+/m0/s1. The molecule has 164 valence electrons. The number of carbonyl (C=O) groups excluding carboxylic acids is 2. The van der Waals surface area contributed by atoms with Crippen molar-refractivity contribution in [1.82, 2.24) is 25.5 Å². The van der Waals surface area contributed by atoms with Crippen molar-refractivity contribution in [1.29, 1.82) is 0 Å². The predicted octanol–water partition coefficient (Wildman–Crippen LogP) is 1.98. The number of anilines is 1. The minimum atomic E-state index is -0.541. The van der Waals surface area contributed by atoms with Crippen LogP contribution in [-0.2, 0) is 4.79 Å². The van der Waals surface area contributed by atoms with Crippen LogP contribution in [0.4, 0.5) is 5.95 Å². The summed E-state index contributed by atoms with van der Waals surface area (Å²) >= 11 is 0. The molecule has 1 aromatic carbocycles. The molecule has 2 aliphatic heterocycles. The maximum Gasteiger partial charge on any atom is 0.255 e. The Morgan fingerprint density at radius 3 is 2.74 bits per heavy atom. The lowest BCUT2D eigenvalue weighted by Gasteiger charge is -2.41. The van der Waals surface area contributed by atoms with Gasteiger partial charge >= 0.3 is 0 Å². The van der Waals surface area contributed by atoms with Crippen LogP contribution < -0.4 is 16.4 Å². The highest BCUT2D eigenvalue weighted by atomic mass is 16.2. The molecule has 0 saturated carbocycles. The van der Waals surface area contributed by atoms with E-state index in [2.05, 4.69) is 25.5 Å². The van der Waals surface area contributed by atoms with Crippen LogP contribution >= 0.6 is 0 Å². The van der Waals surface area contributed by atoms with E-state index in [0.717, 1.165) is 31.4 Å². The first kappa shape index (κ1) is 21.2. The zero-order valence-electron chi connectivity index (χ0n) is 18.1. The Hall–Kier alpha value is -3.00. The van der Waals surface area contributed by atoms with Gasteiger partial charge in [0.05, 0.1) is 11.3 Å². The molecule has 0 bridgehead atoms. The summed E-state index contributed by atoms with van der Waals surface area (Å²) in [6.07, 6.45) is 4.99. The van der Waals surface area contributed by atoms with Crippen LogP contribution in [0.15, 0.2) is 36.5 Å². The molecule has 2 aromatic rings. The molecule has 4 N–H and O–H groups in total. The number of hydrogen-bond donors (Lipinski definition) is 3. The third kappa shape index (κ3) is 4.25. The second-order valence-electron chi connectivity index (χ2n) is 8.79. The fourth-order valence-corrected chi connectivity index (χ4v) is 4.81. The molecule has 8 heteroatoms. The maximum atomic E-state index is 13.2. The molecular weight excluding hydrogens is 392 g/mol. The highest BCUT2D eigenvalue weighted by Gasteiger charge is 2.52. The van der Waals surface area contributed by atoms with Gasteiger partial charge in [-0.1, -0.05) is 30.3 Å². The number of aromatic nitrogens is 2. The first-order valence-corrected chi connectivity index (χ1v) is 10.9. The number of nitrogens with zero attached hydrogens (tertiary/aromatic N) is 3. The predicted molar refractivity (Wildman–Crippen MR) is 119 cm³/mol. The van der Waals surface area contributed by atoms with E-state index in [1.54, 1.807) is 0 Å². The fourth-order valence-electron chi connectivity index (χ4n) is 4.81. The van der Waals surface area contributed by atoms with Gasteiger partial charge in [-0.3, -0.25) is 14.5 Å². The number of nitrogens with one attached hydrogen (secondary N) is 2. The number of nitrogens with two attached hydrogens (primary N) is 1. The molecule has 0 unspecified atom stereocenters. The van der Waals surface area contributed by atoms with Gasteiger partial charge in [0.2, 0.25) is 11.9 Å². The summed E-state index contributed by atoms with van der Waals surface area (Å²) in [7, 11) is 0. The summed E-state index contributed by atoms with van der Waals surface area (Å²) in [4.78, 5) is 36.9. The van der Waals surface area contributed by atoms with E-state index >= 15 is 0 Å². The minimum absolute atomic E-state index is 0.0692.